The summed E-state index contributed by atoms with van der Waals surface area (Å²) in [6, 6.07) is 18.3. The third kappa shape index (κ3) is 7.25. The summed E-state index contributed by atoms with van der Waals surface area (Å²) in [7, 11) is 0. The van der Waals surface area contributed by atoms with Crippen molar-refractivity contribution in [2.24, 2.45) is 0 Å². The summed E-state index contributed by atoms with van der Waals surface area (Å²) in [6.07, 6.45) is 0. The van der Waals surface area contributed by atoms with Crippen LogP contribution in [0.3, 0.4) is 0 Å². The Hall–Kier alpha value is -3.60. The average Bonchev–Trinajstić information content (AvgIpc) is 3.30. The molecular weight excluding hydrogens is 552 g/mol. The Morgan fingerprint density at radius 3 is 2.61 bits per heavy atom. The number of aryl methyl sites for hydroxylation is 1. The number of hydrogen-bond acceptors (Lipinski definition) is 6. The van der Waals surface area contributed by atoms with E-state index in [0.717, 1.165) is 23.0 Å². The van der Waals surface area contributed by atoms with Gasteiger partial charge in [-0.2, -0.15) is 0 Å². The molecule has 196 valence electrons. The Morgan fingerprint density at radius 1 is 1.03 bits per heavy atom. The molecule has 0 bridgehead atoms. The van der Waals surface area contributed by atoms with Gasteiger partial charge in [0, 0.05) is 10.7 Å². The lowest BCUT2D eigenvalue weighted by Crippen LogP contribution is -2.29. The zero-order chi connectivity index (χ0) is 27.1. The van der Waals surface area contributed by atoms with Crippen LogP contribution in [0.5, 0.6) is 5.75 Å². The molecule has 0 aliphatic carbocycles. The second-order valence-electron chi connectivity index (χ2n) is 8.03. The Kier molecular flexibility index (Phi) is 9.22. The molecule has 0 aliphatic heterocycles. The number of halogens is 3. The second-order valence-corrected chi connectivity index (χ2v) is 9.82. The van der Waals surface area contributed by atoms with Gasteiger partial charge >= 0.3 is 0 Å². The van der Waals surface area contributed by atoms with Crippen molar-refractivity contribution in [3.05, 3.63) is 94.0 Å². The van der Waals surface area contributed by atoms with Gasteiger partial charge in [-0.1, -0.05) is 59.2 Å². The van der Waals surface area contributed by atoms with Crippen LogP contribution in [0.1, 0.15) is 11.4 Å². The Bertz CT molecular complexity index is 1470. The van der Waals surface area contributed by atoms with Crippen molar-refractivity contribution in [3.8, 4) is 11.4 Å². The van der Waals surface area contributed by atoms with E-state index in [1.165, 1.54) is 18.2 Å². The quantitative estimate of drug-likeness (QED) is 0.245. The van der Waals surface area contributed by atoms with Crippen LogP contribution < -0.4 is 15.4 Å². The number of hydrogen-bond donors (Lipinski definition) is 2. The third-order valence-electron chi connectivity index (χ3n) is 5.14. The summed E-state index contributed by atoms with van der Waals surface area (Å²) >= 11 is 13.1. The molecule has 1 heterocycles. The Morgan fingerprint density at radius 2 is 1.84 bits per heavy atom. The lowest BCUT2D eigenvalue weighted by molar-refractivity contribution is -0.123. The second kappa shape index (κ2) is 12.8. The lowest BCUT2D eigenvalue weighted by atomic mass is 10.2. The van der Waals surface area contributed by atoms with E-state index >= 15 is 0 Å². The van der Waals surface area contributed by atoms with Gasteiger partial charge in [-0.25, -0.2) is 4.39 Å². The molecular formula is C26H22Cl2FN5O3S. The molecule has 0 radical (unpaired) electrons. The van der Waals surface area contributed by atoms with Crippen LogP contribution in [-0.4, -0.2) is 38.9 Å². The normalized spacial score (nSPS) is 10.7. The number of nitrogens with zero attached hydrogens (tertiary/aromatic N) is 3. The first-order valence-corrected chi connectivity index (χ1v) is 13.1. The van der Waals surface area contributed by atoms with Crippen LogP contribution in [0, 0.1) is 12.7 Å². The Labute approximate surface area is 232 Å². The minimum absolute atomic E-state index is 0.0274. The molecule has 2 N–H and O–H groups in total. The minimum Gasteiger partial charge on any atom is -0.482 e. The van der Waals surface area contributed by atoms with E-state index in [1.54, 1.807) is 28.8 Å². The molecule has 0 fully saturated rings. The molecule has 0 spiro atoms. The van der Waals surface area contributed by atoms with Gasteiger partial charge in [-0.3, -0.25) is 14.2 Å². The molecule has 0 aliphatic rings. The van der Waals surface area contributed by atoms with Gasteiger partial charge in [0.15, 0.2) is 17.6 Å². The highest BCUT2D eigenvalue weighted by molar-refractivity contribution is 7.99. The minimum atomic E-state index is -0.519. The maximum absolute atomic E-state index is 13.9. The maximum atomic E-state index is 13.9. The molecule has 0 saturated heterocycles. The number of rotatable bonds is 10. The molecule has 1 aromatic heterocycles. The first-order chi connectivity index (χ1) is 18.3. The molecule has 4 aromatic rings. The standard InChI is InChI=1S/C26H22Cl2FN5O3S/c1-16-5-4-6-18(11-16)34-23(13-30-24(35)14-37-22-10-9-17(27)12-19(22)28)32-33-26(34)38-15-25(36)31-21-8-3-2-7-20(21)29/h2-12H,13-15H2,1H3,(H,30,35)(H,31,36). The van der Waals surface area contributed by atoms with Crippen LogP contribution in [0.2, 0.25) is 10.0 Å². The van der Waals surface area contributed by atoms with Crippen LogP contribution in [0.15, 0.2) is 71.9 Å². The van der Waals surface area contributed by atoms with Gasteiger partial charge < -0.3 is 15.4 Å². The first kappa shape index (κ1) is 27.4. The molecule has 0 saturated carbocycles. The summed E-state index contributed by atoms with van der Waals surface area (Å²) in [6.45, 7) is 1.74. The smallest absolute Gasteiger partial charge is 0.258 e. The van der Waals surface area contributed by atoms with Crippen molar-refractivity contribution >= 4 is 52.5 Å². The topological polar surface area (TPSA) is 98.1 Å². The monoisotopic (exact) mass is 573 g/mol. The molecule has 8 nitrogen and oxygen atoms in total. The number of anilines is 1. The molecule has 0 unspecified atom stereocenters. The highest BCUT2D eigenvalue weighted by atomic mass is 35.5. The van der Waals surface area contributed by atoms with Crippen molar-refractivity contribution in [3.63, 3.8) is 0 Å². The summed E-state index contributed by atoms with van der Waals surface area (Å²) < 4.78 is 21.1. The lowest BCUT2D eigenvalue weighted by Gasteiger charge is -2.12. The van der Waals surface area contributed by atoms with Crippen molar-refractivity contribution in [2.45, 2.75) is 18.6 Å². The largest absolute Gasteiger partial charge is 0.482 e. The highest BCUT2D eigenvalue weighted by Gasteiger charge is 2.18. The summed E-state index contributed by atoms with van der Waals surface area (Å²) in [5.41, 5.74) is 1.87. The average molecular weight is 574 g/mol. The van der Waals surface area contributed by atoms with Gasteiger partial charge in [0.1, 0.15) is 11.6 Å². The van der Waals surface area contributed by atoms with E-state index in [1.807, 2.05) is 31.2 Å². The number of carbonyl (C=O) groups is 2. The van der Waals surface area contributed by atoms with Crippen LogP contribution in [0.25, 0.3) is 5.69 Å². The molecule has 38 heavy (non-hydrogen) atoms. The fraction of sp³-hybridized carbons (Fsp3) is 0.154. The number of aromatic nitrogens is 3. The fourth-order valence-electron chi connectivity index (χ4n) is 3.38. The van der Waals surface area contributed by atoms with Gasteiger partial charge in [0.25, 0.3) is 5.91 Å². The number of amides is 2. The number of nitrogens with one attached hydrogen (secondary N) is 2. The third-order valence-corrected chi connectivity index (χ3v) is 6.60. The SMILES string of the molecule is Cc1cccc(-n2c(CNC(=O)COc3ccc(Cl)cc3Cl)nnc2SCC(=O)Nc2ccccc2F)c1. The summed E-state index contributed by atoms with van der Waals surface area (Å²) in [5, 5.41) is 14.9. The number of ether oxygens (including phenoxy) is 1. The Balaban J connectivity index is 1.43. The number of para-hydroxylation sites is 1. The van der Waals surface area contributed by atoms with Crippen LogP contribution in [0.4, 0.5) is 10.1 Å². The molecule has 2 amide bonds. The van der Waals surface area contributed by atoms with Crippen molar-refractivity contribution in [2.75, 3.05) is 17.7 Å². The fourth-order valence-corrected chi connectivity index (χ4v) is 4.61. The van der Waals surface area contributed by atoms with E-state index < -0.39 is 17.6 Å². The van der Waals surface area contributed by atoms with E-state index in [2.05, 4.69) is 20.8 Å². The zero-order valence-corrected chi connectivity index (χ0v) is 22.4. The van der Waals surface area contributed by atoms with E-state index in [0.29, 0.717) is 26.8 Å². The highest BCUT2D eigenvalue weighted by Crippen LogP contribution is 2.27. The number of benzene rings is 3. The van der Waals surface area contributed by atoms with Gasteiger partial charge in [-0.15, -0.1) is 10.2 Å². The zero-order valence-electron chi connectivity index (χ0n) is 20.1. The van der Waals surface area contributed by atoms with Crippen LogP contribution in [-0.2, 0) is 16.1 Å². The predicted molar refractivity (Wildman–Crippen MR) is 146 cm³/mol. The van der Waals surface area contributed by atoms with Crippen LogP contribution >= 0.6 is 35.0 Å². The van der Waals surface area contributed by atoms with Crippen molar-refractivity contribution in [1.29, 1.82) is 0 Å². The molecule has 12 heteroatoms. The molecule has 4 rings (SSSR count). The van der Waals surface area contributed by atoms with Gasteiger partial charge in [-0.05, 0) is 55.0 Å². The van der Waals surface area contributed by atoms with E-state index in [9.17, 15) is 14.0 Å². The number of thioether (sulfide) groups is 1. The van der Waals surface area contributed by atoms with Crippen molar-refractivity contribution in [1.82, 2.24) is 20.1 Å². The molecule has 3 aromatic carbocycles. The van der Waals surface area contributed by atoms with Gasteiger partial charge in [0.2, 0.25) is 5.91 Å². The van der Waals surface area contributed by atoms with Gasteiger partial charge in [0.05, 0.1) is 23.0 Å². The number of carbonyl (C=O) groups excluding carboxylic acids is 2. The first-order valence-electron chi connectivity index (χ1n) is 11.3. The predicted octanol–water partition coefficient (Wildman–Crippen LogP) is 5.45. The van der Waals surface area contributed by atoms with E-state index in [4.69, 9.17) is 27.9 Å². The summed E-state index contributed by atoms with van der Waals surface area (Å²) in [4.78, 5) is 24.9. The van der Waals surface area contributed by atoms with E-state index in [-0.39, 0.29) is 24.6 Å². The van der Waals surface area contributed by atoms with Crippen molar-refractivity contribution < 1.29 is 18.7 Å². The molecule has 0 atom stereocenters. The summed E-state index contributed by atoms with van der Waals surface area (Å²) in [5.74, 6) is -0.554. The maximum Gasteiger partial charge on any atom is 0.258 e.